The maximum Gasteiger partial charge on any atom is 0.413 e. The van der Waals surface area contributed by atoms with Crippen LogP contribution in [-0.4, -0.2) is 32.6 Å². The van der Waals surface area contributed by atoms with Gasteiger partial charge < -0.3 is 9.84 Å². The number of amides is 1. The lowest BCUT2D eigenvalue weighted by Crippen LogP contribution is -2.28. The highest BCUT2D eigenvalue weighted by Crippen LogP contribution is 2.22. The molecule has 2 rings (SSSR count). The van der Waals surface area contributed by atoms with Gasteiger partial charge in [0.1, 0.15) is 17.0 Å². The van der Waals surface area contributed by atoms with E-state index >= 15 is 0 Å². The molecule has 122 valence electrons. The first-order chi connectivity index (χ1) is 10.7. The molecule has 1 aromatic heterocycles. The van der Waals surface area contributed by atoms with Crippen LogP contribution < -0.4 is 5.32 Å². The summed E-state index contributed by atoms with van der Waals surface area (Å²) in [6.07, 6.45) is 0.234. The topological polar surface area (TPSA) is 93.4 Å². The standard InChI is InChI=1S/C15H16FN3O4/c1-15(2,3)23-14(22)18-12-11(13(20)21)8-17-19(12)10-6-4-5-9(16)7-10/h4-8H,1-3H3,(H,18,22)(H,20,21). The molecule has 7 nitrogen and oxygen atoms in total. The zero-order valence-electron chi connectivity index (χ0n) is 12.8. The highest BCUT2D eigenvalue weighted by Gasteiger charge is 2.23. The van der Waals surface area contributed by atoms with E-state index in [4.69, 9.17) is 4.74 Å². The molecule has 0 aliphatic rings. The van der Waals surface area contributed by atoms with Gasteiger partial charge >= 0.3 is 12.1 Å². The normalized spacial score (nSPS) is 11.1. The molecule has 0 aliphatic carbocycles. The summed E-state index contributed by atoms with van der Waals surface area (Å²) in [5.41, 5.74) is -0.722. The van der Waals surface area contributed by atoms with Crippen molar-refractivity contribution in [3.8, 4) is 5.69 Å². The Labute approximate surface area is 131 Å². The maximum absolute atomic E-state index is 13.4. The van der Waals surface area contributed by atoms with Crippen LogP contribution in [0.4, 0.5) is 15.0 Å². The monoisotopic (exact) mass is 321 g/mol. The highest BCUT2D eigenvalue weighted by atomic mass is 19.1. The van der Waals surface area contributed by atoms with Crippen LogP contribution in [0.25, 0.3) is 5.69 Å². The van der Waals surface area contributed by atoms with Crippen molar-refractivity contribution in [1.29, 1.82) is 0 Å². The molecule has 0 saturated heterocycles. The predicted octanol–water partition coefficient (Wildman–Crippen LogP) is 3.06. The molecule has 0 bridgehead atoms. The van der Waals surface area contributed by atoms with Crippen LogP contribution in [0.15, 0.2) is 30.5 Å². The predicted molar refractivity (Wildman–Crippen MR) is 80.3 cm³/mol. The first-order valence-electron chi connectivity index (χ1n) is 6.74. The number of rotatable bonds is 3. The van der Waals surface area contributed by atoms with Gasteiger partial charge in [-0.05, 0) is 39.0 Å². The molecule has 0 atom stereocenters. The Bertz CT molecular complexity index is 749. The number of halogens is 1. The summed E-state index contributed by atoms with van der Waals surface area (Å²) in [7, 11) is 0. The van der Waals surface area contributed by atoms with Crippen molar-refractivity contribution in [2.45, 2.75) is 26.4 Å². The third-order valence-corrected chi connectivity index (χ3v) is 2.67. The van der Waals surface area contributed by atoms with E-state index in [-0.39, 0.29) is 17.1 Å². The molecular weight excluding hydrogens is 305 g/mol. The van der Waals surface area contributed by atoms with Gasteiger partial charge in [0, 0.05) is 0 Å². The number of carbonyl (C=O) groups excluding carboxylic acids is 1. The molecule has 2 N–H and O–H groups in total. The van der Waals surface area contributed by atoms with E-state index < -0.39 is 23.5 Å². The molecule has 2 aromatic rings. The molecule has 0 unspecified atom stereocenters. The lowest BCUT2D eigenvalue weighted by atomic mass is 10.2. The zero-order valence-corrected chi connectivity index (χ0v) is 12.8. The van der Waals surface area contributed by atoms with E-state index in [1.807, 2.05) is 0 Å². The van der Waals surface area contributed by atoms with Gasteiger partial charge in [-0.1, -0.05) is 6.07 Å². The van der Waals surface area contributed by atoms with Gasteiger partial charge in [0.05, 0.1) is 11.9 Å². The summed E-state index contributed by atoms with van der Waals surface area (Å²) in [4.78, 5) is 23.2. The number of benzene rings is 1. The number of nitrogens with zero attached hydrogens (tertiary/aromatic N) is 2. The summed E-state index contributed by atoms with van der Waals surface area (Å²) in [5.74, 6) is -1.91. The summed E-state index contributed by atoms with van der Waals surface area (Å²) in [6.45, 7) is 5.03. The number of nitrogens with one attached hydrogen (secondary N) is 1. The van der Waals surface area contributed by atoms with Crippen molar-refractivity contribution >= 4 is 17.9 Å². The Morgan fingerprint density at radius 1 is 1.35 bits per heavy atom. The van der Waals surface area contributed by atoms with E-state index in [1.165, 1.54) is 24.3 Å². The zero-order chi connectivity index (χ0) is 17.2. The maximum atomic E-state index is 13.4. The van der Waals surface area contributed by atoms with Gasteiger partial charge in [-0.2, -0.15) is 5.10 Å². The lowest BCUT2D eigenvalue weighted by Gasteiger charge is -2.20. The van der Waals surface area contributed by atoms with Crippen molar-refractivity contribution in [2.75, 3.05) is 5.32 Å². The Balaban J connectivity index is 2.42. The lowest BCUT2D eigenvalue weighted by molar-refractivity contribution is 0.0635. The van der Waals surface area contributed by atoms with E-state index in [0.29, 0.717) is 0 Å². The summed E-state index contributed by atoms with van der Waals surface area (Å²) < 4.78 is 19.6. The summed E-state index contributed by atoms with van der Waals surface area (Å²) >= 11 is 0. The Kier molecular flexibility index (Phi) is 4.35. The van der Waals surface area contributed by atoms with Gasteiger partial charge in [-0.15, -0.1) is 0 Å². The first kappa shape index (κ1) is 16.5. The number of hydrogen-bond donors (Lipinski definition) is 2. The van der Waals surface area contributed by atoms with Gasteiger partial charge in [0.2, 0.25) is 0 Å². The fourth-order valence-corrected chi connectivity index (χ4v) is 1.83. The van der Waals surface area contributed by atoms with Crippen molar-refractivity contribution in [3.05, 3.63) is 41.8 Å². The number of aromatic carboxylic acids is 1. The van der Waals surface area contributed by atoms with Gasteiger partial charge in [0.25, 0.3) is 0 Å². The molecule has 1 heterocycles. The smallest absolute Gasteiger partial charge is 0.413 e. The quantitative estimate of drug-likeness (QED) is 0.906. The van der Waals surface area contributed by atoms with Crippen LogP contribution in [-0.2, 0) is 4.74 Å². The average molecular weight is 321 g/mol. The van der Waals surface area contributed by atoms with Crippen LogP contribution in [0.2, 0.25) is 0 Å². The largest absolute Gasteiger partial charge is 0.477 e. The molecule has 8 heteroatoms. The molecule has 0 fully saturated rings. The Morgan fingerprint density at radius 2 is 2.04 bits per heavy atom. The van der Waals surface area contributed by atoms with Gasteiger partial charge in [-0.25, -0.2) is 18.7 Å². The minimum absolute atomic E-state index is 0.114. The molecule has 1 amide bonds. The fraction of sp³-hybridized carbons (Fsp3) is 0.267. The molecule has 0 spiro atoms. The minimum Gasteiger partial charge on any atom is -0.477 e. The van der Waals surface area contributed by atoms with Crippen LogP contribution in [0, 0.1) is 5.82 Å². The van der Waals surface area contributed by atoms with Crippen LogP contribution in [0.5, 0.6) is 0 Å². The van der Waals surface area contributed by atoms with Crippen LogP contribution in [0.3, 0.4) is 0 Å². The van der Waals surface area contributed by atoms with Gasteiger partial charge in [-0.3, -0.25) is 5.32 Å². The minimum atomic E-state index is -1.28. The molecule has 23 heavy (non-hydrogen) atoms. The van der Waals surface area contributed by atoms with Crippen molar-refractivity contribution in [3.63, 3.8) is 0 Å². The Hall–Kier alpha value is -2.90. The van der Waals surface area contributed by atoms with Crippen molar-refractivity contribution < 1.29 is 23.8 Å². The second-order valence-corrected chi connectivity index (χ2v) is 5.73. The molecule has 0 radical (unpaired) electrons. The van der Waals surface area contributed by atoms with E-state index in [1.54, 1.807) is 20.8 Å². The molecular formula is C15H16FN3O4. The van der Waals surface area contributed by atoms with Crippen LogP contribution >= 0.6 is 0 Å². The molecule has 0 saturated carbocycles. The van der Waals surface area contributed by atoms with Crippen molar-refractivity contribution in [1.82, 2.24) is 9.78 Å². The van der Waals surface area contributed by atoms with E-state index in [0.717, 1.165) is 10.9 Å². The molecule has 1 aromatic carbocycles. The second-order valence-electron chi connectivity index (χ2n) is 5.73. The first-order valence-corrected chi connectivity index (χ1v) is 6.74. The number of hydrogen-bond acceptors (Lipinski definition) is 4. The Morgan fingerprint density at radius 3 is 2.61 bits per heavy atom. The number of anilines is 1. The van der Waals surface area contributed by atoms with E-state index in [2.05, 4.69) is 10.4 Å². The fourth-order valence-electron chi connectivity index (χ4n) is 1.83. The third-order valence-electron chi connectivity index (χ3n) is 2.67. The number of aromatic nitrogens is 2. The number of carbonyl (C=O) groups is 2. The van der Waals surface area contributed by atoms with E-state index in [9.17, 15) is 19.1 Å². The SMILES string of the molecule is CC(C)(C)OC(=O)Nc1c(C(=O)O)cnn1-c1cccc(F)c1. The molecule has 0 aliphatic heterocycles. The summed E-state index contributed by atoms with van der Waals surface area (Å²) in [6, 6.07) is 5.39. The number of carboxylic acid groups (broad SMARTS) is 1. The average Bonchev–Trinajstić information content (AvgIpc) is 2.80. The summed E-state index contributed by atoms with van der Waals surface area (Å²) in [5, 5.41) is 15.5. The highest BCUT2D eigenvalue weighted by molar-refractivity contribution is 5.97. The number of ether oxygens (including phenoxy) is 1. The van der Waals surface area contributed by atoms with Gasteiger partial charge in [0.15, 0.2) is 5.82 Å². The third kappa shape index (κ3) is 4.06. The second kappa shape index (κ2) is 6.07. The number of carboxylic acids is 1. The van der Waals surface area contributed by atoms with Crippen molar-refractivity contribution in [2.24, 2.45) is 0 Å². The van der Waals surface area contributed by atoms with Crippen LogP contribution in [0.1, 0.15) is 31.1 Å².